The highest BCUT2D eigenvalue weighted by Crippen LogP contribution is 2.14. The Kier molecular flexibility index (Phi) is 5.51. The fourth-order valence-corrected chi connectivity index (χ4v) is 1.81. The first kappa shape index (κ1) is 17.0. The molecule has 0 unspecified atom stereocenters. The first-order chi connectivity index (χ1) is 11.4. The second kappa shape index (κ2) is 7.77. The lowest BCUT2D eigenvalue weighted by Gasteiger charge is -2.05. The van der Waals surface area contributed by atoms with Crippen molar-refractivity contribution in [1.82, 2.24) is 5.32 Å². The number of hydrogen-bond acceptors (Lipinski definition) is 5. The van der Waals surface area contributed by atoms with E-state index in [1.54, 1.807) is 25.1 Å². The molecule has 7 nitrogen and oxygen atoms in total. The molecule has 0 saturated carbocycles. The van der Waals surface area contributed by atoms with Crippen LogP contribution in [0.15, 0.2) is 46.9 Å². The largest absolute Gasteiger partial charge is 0.462 e. The third-order valence-electron chi connectivity index (χ3n) is 2.88. The molecule has 0 atom stereocenters. The summed E-state index contributed by atoms with van der Waals surface area (Å²) in [5.41, 5.74) is 5.20. The van der Waals surface area contributed by atoms with Crippen LogP contribution in [0.1, 0.15) is 21.9 Å². The molecule has 0 bridgehead atoms. The van der Waals surface area contributed by atoms with Gasteiger partial charge < -0.3 is 20.2 Å². The van der Waals surface area contributed by atoms with Crippen LogP contribution in [0, 0.1) is 6.92 Å². The molecule has 0 aliphatic rings. The van der Waals surface area contributed by atoms with Crippen LogP contribution in [-0.2, 0) is 9.59 Å². The molecule has 3 N–H and O–H groups in total. The van der Waals surface area contributed by atoms with E-state index in [1.165, 1.54) is 30.4 Å². The van der Waals surface area contributed by atoms with Gasteiger partial charge in [0.05, 0.1) is 6.54 Å². The zero-order valence-corrected chi connectivity index (χ0v) is 12.9. The summed E-state index contributed by atoms with van der Waals surface area (Å²) in [6.07, 6.45) is 2.71. The van der Waals surface area contributed by atoms with E-state index < -0.39 is 17.8 Å². The van der Waals surface area contributed by atoms with Crippen molar-refractivity contribution < 1.29 is 23.5 Å². The molecule has 0 aliphatic heterocycles. The summed E-state index contributed by atoms with van der Waals surface area (Å²) in [6.45, 7) is 1.53. The number of furan rings is 1. The maximum atomic E-state index is 11.8. The van der Waals surface area contributed by atoms with Gasteiger partial charge in [-0.05, 0) is 43.3 Å². The zero-order chi connectivity index (χ0) is 17.5. The van der Waals surface area contributed by atoms with E-state index in [4.69, 9.17) is 14.9 Å². The Balaban J connectivity index is 1.98. The van der Waals surface area contributed by atoms with Gasteiger partial charge in [0.15, 0.2) is 0 Å². The van der Waals surface area contributed by atoms with Gasteiger partial charge in [-0.2, -0.15) is 0 Å². The molecule has 0 saturated heterocycles. The normalized spacial score (nSPS) is 10.5. The Hall–Kier alpha value is -3.35. The topological polar surface area (TPSA) is 112 Å². The van der Waals surface area contributed by atoms with Crippen LogP contribution in [0.4, 0.5) is 0 Å². The van der Waals surface area contributed by atoms with E-state index in [2.05, 4.69) is 5.32 Å². The number of benzene rings is 1. The summed E-state index contributed by atoms with van der Waals surface area (Å²) in [6, 6.07) is 9.51. The molecule has 124 valence electrons. The maximum Gasteiger partial charge on any atom is 0.336 e. The van der Waals surface area contributed by atoms with Gasteiger partial charge in [-0.3, -0.25) is 9.59 Å². The van der Waals surface area contributed by atoms with Gasteiger partial charge in [0.1, 0.15) is 17.3 Å². The summed E-state index contributed by atoms with van der Waals surface area (Å²) in [7, 11) is 0. The van der Waals surface area contributed by atoms with Crippen molar-refractivity contribution in [2.24, 2.45) is 5.73 Å². The summed E-state index contributed by atoms with van der Waals surface area (Å²) in [4.78, 5) is 34.3. The second-order valence-electron chi connectivity index (χ2n) is 4.88. The van der Waals surface area contributed by atoms with Crippen LogP contribution in [0.3, 0.4) is 0 Å². The highest BCUT2D eigenvalue weighted by Gasteiger charge is 2.09. The van der Waals surface area contributed by atoms with E-state index >= 15 is 0 Å². The summed E-state index contributed by atoms with van der Waals surface area (Å²) in [5.74, 6) is -0.287. The van der Waals surface area contributed by atoms with Crippen LogP contribution in [0.2, 0.25) is 0 Å². The number of rotatable bonds is 6. The summed E-state index contributed by atoms with van der Waals surface area (Å²) >= 11 is 0. The van der Waals surface area contributed by atoms with Crippen molar-refractivity contribution in [2.45, 2.75) is 6.92 Å². The Morgan fingerprint density at radius 1 is 1.25 bits per heavy atom. The van der Waals surface area contributed by atoms with Gasteiger partial charge in [-0.25, -0.2) is 4.79 Å². The average Bonchev–Trinajstić information content (AvgIpc) is 2.96. The van der Waals surface area contributed by atoms with Crippen molar-refractivity contribution in [2.75, 3.05) is 6.54 Å². The monoisotopic (exact) mass is 328 g/mol. The minimum Gasteiger partial charge on any atom is -0.462 e. The van der Waals surface area contributed by atoms with Crippen LogP contribution >= 0.6 is 0 Å². The molecule has 2 rings (SSSR count). The molecule has 0 radical (unpaired) electrons. The minimum absolute atomic E-state index is 0.201. The molecule has 1 heterocycles. The number of primary amides is 1. The number of nitrogens with one attached hydrogen (secondary N) is 1. The van der Waals surface area contributed by atoms with Gasteiger partial charge in [0, 0.05) is 11.6 Å². The van der Waals surface area contributed by atoms with Crippen LogP contribution < -0.4 is 15.8 Å². The highest BCUT2D eigenvalue weighted by molar-refractivity contribution is 5.97. The van der Waals surface area contributed by atoms with Crippen molar-refractivity contribution in [3.05, 3.63) is 59.6 Å². The lowest BCUT2D eigenvalue weighted by Crippen LogP contribution is -2.33. The van der Waals surface area contributed by atoms with Crippen molar-refractivity contribution >= 4 is 23.9 Å². The SMILES string of the molecule is Cc1ccc(/C=C/C(=O)Oc2cccc(C(=O)NCC(N)=O)c2)o1. The molecule has 0 aliphatic carbocycles. The number of carbonyl (C=O) groups is 3. The molecule has 7 heteroatoms. The number of ether oxygens (including phenoxy) is 1. The fraction of sp³-hybridized carbons (Fsp3) is 0.118. The zero-order valence-electron chi connectivity index (χ0n) is 12.9. The molecule has 24 heavy (non-hydrogen) atoms. The Morgan fingerprint density at radius 3 is 2.71 bits per heavy atom. The quantitative estimate of drug-likeness (QED) is 0.473. The second-order valence-corrected chi connectivity index (χ2v) is 4.88. The highest BCUT2D eigenvalue weighted by atomic mass is 16.5. The molecule has 1 aromatic heterocycles. The Bertz CT molecular complexity index is 792. The molecule has 1 aromatic carbocycles. The Morgan fingerprint density at radius 2 is 2.04 bits per heavy atom. The summed E-state index contributed by atoms with van der Waals surface area (Å²) < 4.78 is 10.4. The predicted molar refractivity (Wildman–Crippen MR) is 86.1 cm³/mol. The molecule has 2 aromatic rings. The van der Waals surface area contributed by atoms with Gasteiger partial charge in [-0.1, -0.05) is 6.07 Å². The van der Waals surface area contributed by atoms with E-state index in [9.17, 15) is 14.4 Å². The van der Waals surface area contributed by atoms with Gasteiger partial charge in [-0.15, -0.1) is 0 Å². The van der Waals surface area contributed by atoms with Crippen LogP contribution in [0.25, 0.3) is 6.08 Å². The molecule has 0 spiro atoms. The van der Waals surface area contributed by atoms with E-state index in [0.29, 0.717) is 5.76 Å². The number of carbonyl (C=O) groups excluding carboxylic acids is 3. The average molecular weight is 328 g/mol. The number of aryl methyl sites for hydroxylation is 1. The number of amides is 2. The van der Waals surface area contributed by atoms with E-state index in [0.717, 1.165) is 5.76 Å². The molecule has 0 fully saturated rings. The third-order valence-corrected chi connectivity index (χ3v) is 2.88. The van der Waals surface area contributed by atoms with Gasteiger partial charge in [0.2, 0.25) is 5.91 Å². The number of nitrogens with two attached hydrogens (primary N) is 1. The van der Waals surface area contributed by atoms with Crippen molar-refractivity contribution in [3.8, 4) is 5.75 Å². The van der Waals surface area contributed by atoms with Crippen molar-refractivity contribution in [1.29, 1.82) is 0 Å². The third kappa shape index (κ3) is 5.13. The van der Waals surface area contributed by atoms with Crippen molar-refractivity contribution in [3.63, 3.8) is 0 Å². The molecule has 2 amide bonds. The first-order valence-electron chi connectivity index (χ1n) is 7.07. The standard InChI is InChI=1S/C17H16N2O5/c1-11-5-6-13(23-11)7-8-16(21)24-14-4-2-3-12(9-14)17(22)19-10-15(18)20/h2-9H,10H2,1H3,(H2,18,20)(H,19,22)/b8-7+. The number of esters is 1. The number of hydrogen-bond donors (Lipinski definition) is 2. The lowest BCUT2D eigenvalue weighted by molar-refractivity contribution is -0.128. The predicted octanol–water partition coefficient (Wildman–Crippen LogP) is 1.42. The van der Waals surface area contributed by atoms with E-state index in [-0.39, 0.29) is 17.9 Å². The lowest BCUT2D eigenvalue weighted by atomic mass is 10.2. The van der Waals surface area contributed by atoms with Crippen LogP contribution in [0.5, 0.6) is 5.75 Å². The first-order valence-corrected chi connectivity index (χ1v) is 7.07. The van der Waals surface area contributed by atoms with Gasteiger partial charge in [0.25, 0.3) is 5.91 Å². The minimum atomic E-state index is -0.649. The summed E-state index contributed by atoms with van der Waals surface area (Å²) in [5, 5.41) is 2.35. The molecular formula is C17H16N2O5. The van der Waals surface area contributed by atoms with E-state index in [1.807, 2.05) is 0 Å². The fourth-order valence-electron chi connectivity index (χ4n) is 1.81. The smallest absolute Gasteiger partial charge is 0.336 e. The van der Waals surface area contributed by atoms with Crippen LogP contribution in [-0.4, -0.2) is 24.3 Å². The van der Waals surface area contributed by atoms with Gasteiger partial charge >= 0.3 is 5.97 Å². The Labute approximate surface area is 138 Å². The molecular weight excluding hydrogens is 312 g/mol. The maximum absolute atomic E-state index is 11.8.